The first-order valence-corrected chi connectivity index (χ1v) is 10.4. The van der Waals surface area contributed by atoms with Gasteiger partial charge in [0.1, 0.15) is 11.2 Å². The second-order valence-corrected chi connectivity index (χ2v) is 8.16. The molecule has 2 aromatic carbocycles. The van der Waals surface area contributed by atoms with Gasteiger partial charge >= 0.3 is 0 Å². The van der Waals surface area contributed by atoms with Gasteiger partial charge in [0, 0.05) is 13.1 Å². The largest absolute Gasteiger partial charge is 0.495 e. The Bertz CT molecular complexity index is 869. The smallest absolute Gasteiger partial charge is 0.240 e. The number of amides is 2. The van der Waals surface area contributed by atoms with Crippen molar-refractivity contribution in [1.82, 2.24) is 4.90 Å². The van der Waals surface area contributed by atoms with Crippen LogP contribution in [0.25, 0.3) is 0 Å². The van der Waals surface area contributed by atoms with E-state index in [4.69, 9.17) is 4.74 Å². The second-order valence-electron chi connectivity index (χ2n) is 8.16. The van der Waals surface area contributed by atoms with E-state index < -0.39 is 5.41 Å². The van der Waals surface area contributed by atoms with Gasteiger partial charge in [-0.25, -0.2) is 0 Å². The molecule has 29 heavy (non-hydrogen) atoms. The van der Waals surface area contributed by atoms with Crippen LogP contribution in [-0.4, -0.2) is 36.9 Å². The summed E-state index contributed by atoms with van der Waals surface area (Å²) in [6.45, 7) is 1.47. The Morgan fingerprint density at radius 1 is 1.03 bits per heavy atom. The highest BCUT2D eigenvalue weighted by Crippen LogP contribution is 2.49. The Hall–Kier alpha value is -2.82. The summed E-state index contributed by atoms with van der Waals surface area (Å²) in [5.74, 6) is 0.978. The lowest BCUT2D eigenvalue weighted by Gasteiger charge is -2.34. The van der Waals surface area contributed by atoms with E-state index in [-0.39, 0.29) is 11.8 Å². The van der Waals surface area contributed by atoms with Crippen LogP contribution in [-0.2, 0) is 16.0 Å². The SMILES string of the molecule is COc1ccccc1NC(=O)C1(C(=O)N2CCC(Cc3ccccc3)CC2)CC1. The van der Waals surface area contributed by atoms with Crippen molar-refractivity contribution in [2.24, 2.45) is 11.3 Å². The number of hydrogen-bond acceptors (Lipinski definition) is 3. The van der Waals surface area contributed by atoms with Crippen molar-refractivity contribution in [3.05, 3.63) is 60.2 Å². The molecule has 1 saturated carbocycles. The molecule has 152 valence electrons. The van der Waals surface area contributed by atoms with Gasteiger partial charge in [0.05, 0.1) is 12.8 Å². The minimum Gasteiger partial charge on any atom is -0.495 e. The van der Waals surface area contributed by atoms with Crippen molar-refractivity contribution >= 4 is 17.5 Å². The minimum atomic E-state index is -0.896. The first kappa shape index (κ1) is 19.5. The van der Waals surface area contributed by atoms with Gasteiger partial charge in [-0.15, -0.1) is 0 Å². The predicted molar refractivity (Wildman–Crippen MR) is 113 cm³/mol. The first-order valence-electron chi connectivity index (χ1n) is 10.4. The molecular weight excluding hydrogens is 364 g/mol. The summed E-state index contributed by atoms with van der Waals surface area (Å²) in [7, 11) is 1.57. The van der Waals surface area contributed by atoms with E-state index in [2.05, 4.69) is 29.6 Å². The van der Waals surface area contributed by atoms with E-state index in [0.29, 0.717) is 30.2 Å². The number of piperidine rings is 1. The fourth-order valence-corrected chi connectivity index (χ4v) is 4.24. The number of hydrogen-bond donors (Lipinski definition) is 1. The normalized spacial score (nSPS) is 18.2. The Labute approximate surface area is 172 Å². The molecule has 2 fully saturated rings. The van der Waals surface area contributed by atoms with Crippen molar-refractivity contribution in [3.63, 3.8) is 0 Å². The molecule has 0 unspecified atom stereocenters. The fourth-order valence-electron chi connectivity index (χ4n) is 4.24. The first-order chi connectivity index (χ1) is 14.1. The standard InChI is InChI=1S/C24H28N2O3/c1-29-21-10-6-5-9-20(21)25-22(27)24(13-14-24)23(28)26-15-11-19(12-16-26)17-18-7-3-2-4-8-18/h2-10,19H,11-17H2,1H3,(H,25,27). The van der Waals surface area contributed by atoms with Crippen molar-refractivity contribution in [1.29, 1.82) is 0 Å². The number of likely N-dealkylation sites (tertiary alicyclic amines) is 1. The number of anilines is 1. The molecule has 0 aromatic heterocycles. The van der Waals surface area contributed by atoms with Crippen molar-refractivity contribution in [3.8, 4) is 5.75 Å². The maximum atomic E-state index is 13.2. The Kier molecular flexibility index (Phi) is 5.56. The van der Waals surface area contributed by atoms with Gasteiger partial charge in [-0.1, -0.05) is 42.5 Å². The molecule has 2 amide bonds. The monoisotopic (exact) mass is 392 g/mol. The highest BCUT2D eigenvalue weighted by Gasteiger charge is 2.58. The van der Waals surface area contributed by atoms with Gasteiger partial charge in [-0.2, -0.15) is 0 Å². The molecule has 2 aliphatic rings. The zero-order valence-electron chi connectivity index (χ0n) is 16.9. The molecule has 0 bridgehead atoms. The van der Waals surface area contributed by atoms with E-state index in [1.165, 1.54) is 5.56 Å². The van der Waals surface area contributed by atoms with Crippen LogP contribution in [0.2, 0.25) is 0 Å². The predicted octanol–water partition coefficient (Wildman–Crippen LogP) is 3.90. The summed E-state index contributed by atoms with van der Waals surface area (Å²) in [5.41, 5.74) is 1.07. The highest BCUT2D eigenvalue weighted by atomic mass is 16.5. The third-order valence-electron chi connectivity index (χ3n) is 6.22. The molecule has 5 nitrogen and oxygen atoms in total. The molecule has 0 radical (unpaired) electrons. The topological polar surface area (TPSA) is 58.6 Å². The van der Waals surface area contributed by atoms with Gasteiger partial charge in [-0.3, -0.25) is 9.59 Å². The number of para-hydroxylation sites is 2. The maximum Gasteiger partial charge on any atom is 0.240 e. The van der Waals surface area contributed by atoms with Gasteiger partial charge in [0.25, 0.3) is 0 Å². The maximum absolute atomic E-state index is 13.2. The van der Waals surface area contributed by atoms with Crippen molar-refractivity contribution in [2.75, 3.05) is 25.5 Å². The van der Waals surface area contributed by atoms with Gasteiger partial charge in [-0.05, 0) is 55.7 Å². The minimum absolute atomic E-state index is 0.0111. The van der Waals surface area contributed by atoms with E-state index in [1.54, 1.807) is 19.2 Å². The van der Waals surface area contributed by atoms with Crippen LogP contribution in [0.4, 0.5) is 5.69 Å². The van der Waals surface area contributed by atoms with Gasteiger partial charge in [0.15, 0.2) is 0 Å². The Balaban J connectivity index is 1.35. The summed E-state index contributed by atoms with van der Waals surface area (Å²) in [6, 6.07) is 17.8. The Morgan fingerprint density at radius 2 is 1.69 bits per heavy atom. The number of nitrogens with one attached hydrogen (secondary N) is 1. The number of carbonyl (C=O) groups excluding carboxylic acids is 2. The van der Waals surface area contributed by atoms with Crippen LogP contribution < -0.4 is 10.1 Å². The van der Waals surface area contributed by atoms with Crippen LogP contribution in [0.15, 0.2) is 54.6 Å². The fraction of sp³-hybridized carbons (Fsp3) is 0.417. The molecule has 1 heterocycles. The van der Waals surface area contributed by atoms with Crippen LogP contribution in [0.3, 0.4) is 0 Å². The van der Waals surface area contributed by atoms with Crippen molar-refractivity contribution in [2.45, 2.75) is 32.1 Å². The summed E-state index contributed by atoms with van der Waals surface area (Å²) in [5, 5.41) is 2.91. The van der Waals surface area contributed by atoms with Crippen molar-refractivity contribution < 1.29 is 14.3 Å². The zero-order chi connectivity index (χ0) is 20.3. The lowest BCUT2D eigenvalue weighted by atomic mass is 9.89. The summed E-state index contributed by atoms with van der Waals surface area (Å²) >= 11 is 0. The Morgan fingerprint density at radius 3 is 2.34 bits per heavy atom. The number of benzene rings is 2. The van der Waals surface area contributed by atoms with E-state index >= 15 is 0 Å². The quantitative estimate of drug-likeness (QED) is 0.759. The van der Waals surface area contributed by atoms with Crippen LogP contribution >= 0.6 is 0 Å². The number of rotatable bonds is 6. The second kappa shape index (κ2) is 8.27. The summed E-state index contributed by atoms with van der Waals surface area (Å²) < 4.78 is 5.31. The average Bonchev–Trinajstić information content (AvgIpc) is 3.57. The third-order valence-corrected chi connectivity index (χ3v) is 6.22. The summed E-state index contributed by atoms with van der Waals surface area (Å²) in [4.78, 5) is 28.0. The van der Waals surface area contributed by atoms with E-state index in [9.17, 15) is 9.59 Å². The number of nitrogens with zero attached hydrogens (tertiary/aromatic N) is 1. The summed E-state index contributed by atoms with van der Waals surface area (Å²) in [6.07, 6.45) is 4.28. The lowest BCUT2D eigenvalue weighted by molar-refractivity contribution is -0.143. The van der Waals surface area contributed by atoms with Gasteiger partial charge in [0.2, 0.25) is 11.8 Å². The molecule has 1 N–H and O–H groups in total. The molecule has 4 rings (SSSR count). The number of methoxy groups -OCH3 is 1. The molecule has 1 saturated heterocycles. The van der Waals surface area contributed by atoms with Crippen LogP contribution in [0.5, 0.6) is 5.75 Å². The molecule has 0 spiro atoms. The van der Waals surface area contributed by atoms with E-state index in [0.717, 1.165) is 32.4 Å². The molecule has 2 aromatic rings. The molecule has 1 aliphatic heterocycles. The number of carbonyl (C=O) groups is 2. The third kappa shape index (κ3) is 4.14. The zero-order valence-corrected chi connectivity index (χ0v) is 16.9. The molecule has 1 aliphatic carbocycles. The van der Waals surface area contributed by atoms with E-state index in [1.807, 2.05) is 23.1 Å². The molecular formula is C24H28N2O3. The van der Waals surface area contributed by atoms with Crippen LogP contribution in [0.1, 0.15) is 31.2 Å². The average molecular weight is 392 g/mol. The van der Waals surface area contributed by atoms with Gasteiger partial charge < -0.3 is 15.0 Å². The molecule has 5 heteroatoms. The molecule has 0 atom stereocenters. The lowest BCUT2D eigenvalue weighted by Crippen LogP contribution is -2.46. The highest BCUT2D eigenvalue weighted by molar-refractivity contribution is 6.13. The van der Waals surface area contributed by atoms with Crippen LogP contribution in [0, 0.1) is 11.3 Å². The number of ether oxygens (including phenoxy) is 1.